The van der Waals surface area contributed by atoms with Gasteiger partial charge in [-0.25, -0.2) is 0 Å². The molecule has 0 aliphatic rings. The highest BCUT2D eigenvalue weighted by atomic mass is 16.5. The van der Waals surface area contributed by atoms with Gasteiger partial charge in [0.25, 0.3) is 0 Å². The lowest BCUT2D eigenvalue weighted by molar-refractivity contribution is -0.118. The summed E-state index contributed by atoms with van der Waals surface area (Å²) in [7, 11) is 0. The van der Waals surface area contributed by atoms with Gasteiger partial charge in [-0.15, -0.1) is 0 Å². The first-order valence-electron chi connectivity index (χ1n) is 5.26. The van der Waals surface area contributed by atoms with Crippen molar-refractivity contribution in [2.45, 2.75) is 33.3 Å². The summed E-state index contributed by atoms with van der Waals surface area (Å²) >= 11 is 0. The summed E-state index contributed by atoms with van der Waals surface area (Å²) in [6.07, 6.45) is 0.259. The Balaban J connectivity index is 2.61. The van der Waals surface area contributed by atoms with Gasteiger partial charge in [0.2, 0.25) is 0 Å². The lowest BCUT2D eigenvalue weighted by atomic mass is 10.1. The van der Waals surface area contributed by atoms with Crippen molar-refractivity contribution < 1.29 is 14.3 Å². The first-order valence-corrected chi connectivity index (χ1v) is 5.26. The first kappa shape index (κ1) is 12.4. The Hall–Kier alpha value is -1.64. The van der Waals surface area contributed by atoms with Gasteiger partial charge in [-0.1, -0.05) is 0 Å². The molecule has 0 aromatic heterocycles. The Bertz CT molecular complexity index is 379. The standard InChI is InChI=1S/C13H16O3/c1-9(14)8-10(2)16-13-6-4-12(5-7-13)11(3)15/h4-7,10H,8H2,1-3H3. The molecule has 3 nitrogen and oxygen atoms in total. The number of ether oxygens (including phenoxy) is 1. The highest BCUT2D eigenvalue weighted by Crippen LogP contribution is 2.15. The number of carbonyl (C=O) groups excluding carboxylic acids is 2. The smallest absolute Gasteiger partial charge is 0.159 e. The van der Waals surface area contributed by atoms with Gasteiger partial charge in [0.05, 0.1) is 0 Å². The lowest BCUT2D eigenvalue weighted by Crippen LogP contribution is -2.15. The van der Waals surface area contributed by atoms with Crippen molar-refractivity contribution in [1.82, 2.24) is 0 Å². The largest absolute Gasteiger partial charge is 0.490 e. The Morgan fingerprint density at radius 1 is 1.19 bits per heavy atom. The van der Waals surface area contributed by atoms with E-state index >= 15 is 0 Å². The molecule has 0 saturated carbocycles. The van der Waals surface area contributed by atoms with Crippen molar-refractivity contribution in [3.8, 4) is 5.75 Å². The molecule has 0 bridgehead atoms. The lowest BCUT2D eigenvalue weighted by Gasteiger charge is -2.13. The van der Waals surface area contributed by atoms with Crippen molar-refractivity contribution in [2.24, 2.45) is 0 Å². The van der Waals surface area contributed by atoms with Gasteiger partial charge in [0.1, 0.15) is 17.6 Å². The number of benzene rings is 1. The third-order valence-corrected chi connectivity index (χ3v) is 2.17. The van der Waals surface area contributed by atoms with Gasteiger partial charge in [-0.2, -0.15) is 0 Å². The van der Waals surface area contributed by atoms with E-state index in [4.69, 9.17) is 4.74 Å². The van der Waals surface area contributed by atoms with Crippen molar-refractivity contribution in [2.75, 3.05) is 0 Å². The number of rotatable bonds is 5. The van der Waals surface area contributed by atoms with Crippen LogP contribution in [-0.2, 0) is 4.79 Å². The highest BCUT2D eigenvalue weighted by molar-refractivity contribution is 5.94. The fraction of sp³-hybridized carbons (Fsp3) is 0.385. The van der Waals surface area contributed by atoms with Crippen LogP contribution in [0.3, 0.4) is 0 Å². The zero-order valence-electron chi connectivity index (χ0n) is 9.82. The van der Waals surface area contributed by atoms with Crippen LogP contribution < -0.4 is 4.74 Å². The topological polar surface area (TPSA) is 43.4 Å². The molecule has 3 heteroatoms. The van der Waals surface area contributed by atoms with Gasteiger partial charge in [0.15, 0.2) is 5.78 Å². The molecule has 0 aliphatic carbocycles. The summed E-state index contributed by atoms with van der Waals surface area (Å²) < 4.78 is 5.53. The molecule has 1 aromatic rings. The molecule has 1 aromatic carbocycles. The SMILES string of the molecule is CC(=O)CC(C)Oc1ccc(C(C)=O)cc1. The van der Waals surface area contributed by atoms with Gasteiger partial charge in [-0.3, -0.25) is 9.59 Å². The zero-order valence-corrected chi connectivity index (χ0v) is 9.82. The Kier molecular flexibility index (Phi) is 4.23. The summed E-state index contributed by atoms with van der Waals surface area (Å²) in [6.45, 7) is 4.91. The van der Waals surface area contributed by atoms with E-state index in [-0.39, 0.29) is 17.7 Å². The van der Waals surface area contributed by atoms with Crippen molar-refractivity contribution in [3.63, 3.8) is 0 Å². The molecule has 0 fully saturated rings. The quantitative estimate of drug-likeness (QED) is 0.716. The fourth-order valence-electron chi connectivity index (χ4n) is 1.45. The van der Waals surface area contributed by atoms with Crippen molar-refractivity contribution >= 4 is 11.6 Å². The average Bonchev–Trinajstić information content (AvgIpc) is 2.16. The predicted molar refractivity (Wildman–Crippen MR) is 61.8 cm³/mol. The maximum absolute atomic E-state index is 11.0. The maximum Gasteiger partial charge on any atom is 0.159 e. The summed E-state index contributed by atoms with van der Waals surface area (Å²) in [5.74, 6) is 0.815. The van der Waals surface area contributed by atoms with Crippen LogP contribution in [0.1, 0.15) is 37.6 Å². The Morgan fingerprint density at radius 2 is 1.75 bits per heavy atom. The molecule has 1 atom stereocenters. The second-order valence-corrected chi connectivity index (χ2v) is 3.92. The zero-order chi connectivity index (χ0) is 12.1. The van der Waals surface area contributed by atoms with Crippen LogP contribution >= 0.6 is 0 Å². The Morgan fingerprint density at radius 3 is 2.19 bits per heavy atom. The van der Waals surface area contributed by atoms with E-state index in [1.807, 2.05) is 6.92 Å². The molecule has 0 saturated heterocycles. The van der Waals surface area contributed by atoms with Crippen LogP contribution in [0.25, 0.3) is 0 Å². The van der Waals surface area contributed by atoms with E-state index in [0.717, 1.165) is 0 Å². The second-order valence-electron chi connectivity index (χ2n) is 3.92. The fourth-order valence-corrected chi connectivity index (χ4v) is 1.45. The first-order chi connectivity index (χ1) is 7.49. The molecular weight excluding hydrogens is 204 g/mol. The number of hydrogen-bond acceptors (Lipinski definition) is 3. The highest BCUT2D eigenvalue weighted by Gasteiger charge is 2.07. The average molecular weight is 220 g/mol. The van der Waals surface area contributed by atoms with Crippen LogP contribution in [-0.4, -0.2) is 17.7 Å². The van der Waals surface area contributed by atoms with E-state index in [1.54, 1.807) is 31.2 Å². The summed E-state index contributed by atoms with van der Waals surface area (Å²) in [4.78, 5) is 21.9. The maximum atomic E-state index is 11.0. The van der Waals surface area contributed by atoms with Crippen LogP contribution in [0, 0.1) is 0 Å². The van der Waals surface area contributed by atoms with Crippen LogP contribution in [0.4, 0.5) is 0 Å². The molecule has 1 rings (SSSR count). The molecule has 0 aliphatic heterocycles. The summed E-state index contributed by atoms with van der Waals surface area (Å²) in [5, 5.41) is 0. The molecule has 0 amide bonds. The van der Waals surface area contributed by atoms with E-state index in [1.165, 1.54) is 6.92 Å². The molecule has 0 radical (unpaired) electrons. The molecular formula is C13H16O3. The molecule has 0 heterocycles. The minimum Gasteiger partial charge on any atom is -0.490 e. The van der Waals surface area contributed by atoms with Gasteiger partial charge < -0.3 is 4.74 Å². The van der Waals surface area contributed by atoms with E-state index in [0.29, 0.717) is 17.7 Å². The summed E-state index contributed by atoms with van der Waals surface area (Å²) in [5.41, 5.74) is 0.659. The normalized spacial score (nSPS) is 11.9. The van der Waals surface area contributed by atoms with Crippen LogP contribution in [0.5, 0.6) is 5.75 Å². The van der Waals surface area contributed by atoms with Crippen LogP contribution in [0.2, 0.25) is 0 Å². The third kappa shape index (κ3) is 3.85. The van der Waals surface area contributed by atoms with Gasteiger partial charge in [-0.05, 0) is 45.0 Å². The minimum absolute atomic E-state index is 0.0309. The number of ketones is 2. The van der Waals surface area contributed by atoms with E-state index in [2.05, 4.69) is 0 Å². The third-order valence-electron chi connectivity index (χ3n) is 2.17. The summed E-state index contributed by atoms with van der Waals surface area (Å²) in [6, 6.07) is 6.93. The monoisotopic (exact) mass is 220 g/mol. The number of hydrogen-bond donors (Lipinski definition) is 0. The second kappa shape index (κ2) is 5.45. The Labute approximate surface area is 95.4 Å². The van der Waals surface area contributed by atoms with E-state index in [9.17, 15) is 9.59 Å². The van der Waals surface area contributed by atoms with Crippen molar-refractivity contribution in [3.05, 3.63) is 29.8 Å². The van der Waals surface area contributed by atoms with E-state index < -0.39 is 0 Å². The minimum atomic E-state index is -0.138. The molecule has 0 spiro atoms. The molecule has 86 valence electrons. The molecule has 16 heavy (non-hydrogen) atoms. The number of Topliss-reactive ketones (excluding diaryl/α,β-unsaturated/α-hetero) is 2. The van der Waals surface area contributed by atoms with Crippen molar-refractivity contribution in [1.29, 1.82) is 0 Å². The molecule has 0 N–H and O–H groups in total. The number of carbonyl (C=O) groups is 2. The van der Waals surface area contributed by atoms with Gasteiger partial charge >= 0.3 is 0 Å². The van der Waals surface area contributed by atoms with Crippen LogP contribution in [0.15, 0.2) is 24.3 Å². The van der Waals surface area contributed by atoms with Gasteiger partial charge in [0, 0.05) is 12.0 Å². The predicted octanol–water partition coefficient (Wildman–Crippen LogP) is 2.64. The molecule has 1 unspecified atom stereocenters.